The van der Waals surface area contributed by atoms with Gasteiger partial charge in [0.25, 0.3) is 0 Å². The number of ether oxygens (including phenoxy) is 1. The average molecular weight is 219 g/mol. The number of benzene rings is 1. The highest BCUT2D eigenvalue weighted by molar-refractivity contribution is 5.29. The lowest BCUT2D eigenvalue weighted by molar-refractivity contribution is 0.157. The molecule has 0 aliphatic carbocycles. The summed E-state index contributed by atoms with van der Waals surface area (Å²) >= 11 is 0. The molecule has 0 bridgehead atoms. The molecule has 1 aliphatic rings. The molecule has 2 nitrogen and oxygen atoms in total. The van der Waals surface area contributed by atoms with Gasteiger partial charge in [-0.15, -0.1) is 0 Å². The maximum absolute atomic E-state index is 5.20. The Kier molecular flexibility index (Phi) is 3.83. The van der Waals surface area contributed by atoms with E-state index < -0.39 is 0 Å². The summed E-state index contributed by atoms with van der Waals surface area (Å²) in [6.07, 6.45) is 3.99. The molecule has 1 atom stereocenters. The lowest BCUT2D eigenvalue weighted by atomic mass is 9.95. The molecule has 2 rings (SSSR count). The zero-order chi connectivity index (χ0) is 11.4. The van der Waals surface area contributed by atoms with Gasteiger partial charge >= 0.3 is 0 Å². The highest BCUT2D eigenvalue weighted by Crippen LogP contribution is 2.31. The highest BCUT2D eigenvalue weighted by Gasteiger charge is 2.22. The van der Waals surface area contributed by atoms with Crippen LogP contribution < -0.4 is 4.74 Å². The Bertz CT molecular complexity index is 320. The summed E-state index contributed by atoms with van der Waals surface area (Å²) in [5.41, 5.74) is 1.43. The van der Waals surface area contributed by atoms with Crippen LogP contribution in [0.3, 0.4) is 0 Å². The molecule has 0 spiro atoms. The van der Waals surface area contributed by atoms with Gasteiger partial charge in [0.15, 0.2) is 0 Å². The first kappa shape index (κ1) is 11.5. The fraction of sp³-hybridized carbons (Fsp3) is 0.571. The van der Waals surface area contributed by atoms with Gasteiger partial charge in [-0.1, -0.05) is 25.5 Å². The molecule has 88 valence electrons. The molecule has 1 saturated heterocycles. The van der Waals surface area contributed by atoms with Crippen LogP contribution in [0, 0.1) is 0 Å². The van der Waals surface area contributed by atoms with E-state index in [9.17, 15) is 0 Å². The van der Waals surface area contributed by atoms with Crippen molar-refractivity contribution in [1.82, 2.24) is 4.90 Å². The van der Waals surface area contributed by atoms with Crippen molar-refractivity contribution in [3.63, 3.8) is 0 Å². The Hall–Kier alpha value is -1.02. The van der Waals surface area contributed by atoms with E-state index in [1.54, 1.807) is 7.11 Å². The van der Waals surface area contributed by atoms with Crippen molar-refractivity contribution in [2.24, 2.45) is 0 Å². The van der Waals surface area contributed by atoms with E-state index >= 15 is 0 Å². The monoisotopic (exact) mass is 219 g/mol. The second-order valence-corrected chi connectivity index (χ2v) is 4.41. The molecule has 1 aromatic carbocycles. The average Bonchev–Trinajstić information content (AvgIpc) is 2.39. The fourth-order valence-corrected chi connectivity index (χ4v) is 2.57. The molecular weight excluding hydrogens is 198 g/mol. The third-order valence-corrected chi connectivity index (χ3v) is 3.52. The Morgan fingerprint density at radius 3 is 2.62 bits per heavy atom. The molecule has 1 unspecified atom stereocenters. The van der Waals surface area contributed by atoms with Crippen molar-refractivity contribution in [2.75, 3.05) is 20.2 Å². The normalized spacial score (nSPS) is 22.0. The quantitative estimate of drug-likeness (QED) is 0.773. The fourth-order valence-electron chi connectivity index (χ4n) is 2.57. The second kappa shape index (κ2) is 5.35. The summed E-state index contributed by atoms with van der Waals surface area (Å²) in [6.45, 7) is 4.64. The number of hydrogen-bond donors (Lipinski definition) is 0. The molecule has 0 aromatic heterocycles. The van der Waals surface area contributed by atoms with Crippen molar-refractivity contribution >= 4 is 0 Å². The van der Waals surface area contributed by atoms with Crippen LogP contribution in [-0.2, 0) is 0 Å². The summed E-state index contributed by atoms with van der Waals surface area (Å²) in [5, 5.41) is 0. The molecule has 0 amide bonds. The van der Waals surface area contributed by atoms with E-state index in [0.717, 1.165) is 12.3 Å². The molecule has 1 aliphatic heterocycles. The standard InChI is InChI=1S/C14H21NO/c1-3-15-11-5-4-6-14(15)12-7-9-13(16-2)10-8-12/h7-10,14H,3-6,11H2,1-2H3. The smallest absolute Gasteiger partial charge is 0.118 e. The summed E-state index contributed by atoms with van der Waals surface area (Å²) in [6, 6.07) is 9.16. The van der Waals surface area contributed by atoms with Gasteiger partial charge in [-0.05, 0) is 43.6 Å². The van der Waals surface area contributed by atoms with E-state index in [0.29, 0.717) is 6.04 Å². The largest absolute Gasteiger partial charge is 0.497 e. The minimum atomic E-state index is 0.615. The SMILES string of the molecule is CCN1CCCCC1c1ccc(OC)cc1. The van der Waals surface area contributed by atoms with Crippen LogP contribution in [0.5, 0.6) is 5.75 Å². The molecule has 0 saturated carbocycles. The molecule has 16 heavy (non-hydrogen) atoms. The van der Waals surface area contributed by atoms with Gasteiger partial charge in [0.2, 0.25) is 0 Å². The minimum absolute atomic E-state index is 0.615. The van der Waals surface area contributed by atoms with Crippen LogP contribution in [0.1, 0.15) is 37.8 Å². The summed E-state index contributed by atoms with van der Waals surface area (Å²) in [4.78, 5) is 2.57. The number of rotatable bonds is 3. The van der Waals surface area contributed by atoms with Crippen LogP contribution in [0.25, 0.3) is 0 Å². The molecule has 1 heterocycles. The summed E-state index contributed by atoms with van der Waals surface area (Å²) in [7, 11) is 1.72. The molecule has 0 radical (unpaired) electrons. The third kappa shape index (κ3) is 2.38. The topological polar surface area (TPSA) is 12.5 Å². The molecule has 1 aromatic rings. The lowest BCUT2D eigenvalue weighted by Crippen LogP contribution is -2.33. The van der Waals surface area contributed by atoms with Crippen molar-refractivity contribution < 1.29 is 4.74 Å². The van der Waals surface area contributed by atoms with Crippen LogP contribution in [-0.4, -0.2) is 25.1 Å². The number of nitrogens with zero attached hydrogens (tertiary/aromatic N) is 1. The first-order chi connectivity index (χ1) is 7.85. The van der Waals surface area contributed by atoms with Gasteiger partial charge in [0.05, 0.1) is 7.11 Å². The van der Waals surface area contributed by atoms with Gasteiger partial charge in [0, 0.05) is 6.04 Å². The first-order valence-electron chi connectivity index (χ1n) is 6.23. The van der Waals surface area contributed by atoms with E-state index in [4.69, 9.17) is 4.74 Å². The van der Waals surface area contributed by atoms with Crippen LogP contribution in [0.4, 0.5) is 0 Å². The maximum Gasteiger partial charge on any atom is 0.118 e. The van der Waals surface area contributed by atoms with Crippen molar-refractivity contribution in [3.05, 3.63) is 29.8 Å². The zero-order valence-corrected chi connectivity index (χ0v) is 10.3. The minimum Gasteiger partial charge on any atom is -0.497 e. The summed E-state index contributed by atoms with van der Waals surface area (Å²) < 4.78 is 5.20. The number of piperidine rings is 1. The highest BCUT2D eigenvalue weighted by atomic mass is 16.5. The van der Waals surface area contributed by atoms with E-state index in [2.05, 4.69) is 36.1 Å². The lowest BCUT2D eigenvalue weighted by Gasteiger charge is -2.35. The number of likely N-dealkylation sites (tertiary alicyclic amines) is 1. The van der Waals surface area contributed by atoms with E-state index in [1.807, 2.05) is 0 Å². The Balaban J connectivity index is 2.14. The predicted octanol–water partition coefficient (Wildman–Crippen LogP) is 3.24. The van der Waals surface area contributed by atoms with Crippen molar-refractivity contribution in [1.29, 1.82) is 0 Å². The first-order valence-corrected chi connectivity index (χ1v) is 6.23. The summed E-state index contributed by atoms with van der Waals surface area (Å²) in [5.74, 6) is 0.947. The van der Waals surface area contributed by atoms with E-state index in [-0.39, 0.29) is 0 Å². The predicted molar refractivity (Wildman–Crippen MR) is 66.8 cm³/mol. The third-order valence-electron chi connectivity index (χ3n) is 3.52. The number of hydrogen-bond acceptors (Lipinski definition) is 2. The van der Waals surface area contributed by atoms with E-state index in [1.165, 1.54) is 31.4 Å². The maximum atomic E-state index is 5.20. The van der Waals surface area contributed by atoms with Crippen molar-refractivity contribution in [2.45, 2.75) is 32.2 Å². The van der Waals surface area contributed by atoms with Gasteiger partial charge in [-0.25, -0.2) is 0 Å². The molecule has 2 heteroatoms. The molecule has 1 fully saturated rings. The zero-order valence-electron chi connectivity index (χ0n) is 10.3. The van der Waals surface area contributed by atoms with Gasteiger partial charge < -0.3 is 4.74 Å². The van der Waals surface area contributed by atoms with Gasteiger partial charge in [-0.3, -0.25) is 4.90 Å². The van der Waals surface area contributed by atoms with Crippen LogP contribution in [0.15, 0.2) is 24.3 Å². The molecule has 0 N–H and O–H groups in total. The second-order valence-electron chi connectivity index (χ2n) is 4.41. The number of methoxy groups -OCH3 is 1. The van der Waals surface area contributed by atoms with Gasteiger partial charge in [-0.2, -0.15) is 0 Å². The van der Waals surface area contributed by atoms with Gasteiger partial charge in [0.1, 0.15) is 5.75 Å². The van der Waals surface area contributed by atoms with Crippen molar-refractivity contribution in [3.8, 4) is 5.75 Å². The van der Waals surface area contributed by atoms with Crippen LogP contribution >= 0.6 is 0 Å². The van der Waals surface area contributed by atoms with Crippen LogP contribution in [0.2, 0.25) is 0 Å². The Labute approximate surface area is 98.2 Å². The Morgan fingerprint density at radius 2 is 2.00 bits per heavy atom. The molecular formula is C14H21NO. The Morgan fingerprint density at radius 1 is 1.25 bits per heavy atom.